The zero-order valence-corrected chi connectivity index (χ0v) is 15.2. The van der Waals surface area contributed by atoms with E-state index in [1.54, 1.807) is 0 Å². The molecule has 1 aliphatic carbocycles. The van der Waals surface area contributed by atoms with Crippen LogP contribution in [0.3, 0.4) is 0 Å². The van der Waals surface area contributed by atoms with Gasteiger partial charge in [-0.25, -0.2) is 0 Å². The Bertz CT molecular complexity index is 615. The van der Waals surface area contributed by atoms with Crippen LogP contribution in [0.5, 0.6) is 11.5 Å². The molecular weight excluding hydrogens is 344 g/mol. The molecule has 6 nitrogen and oxygen atoms in total. The molecule has 0 saturated heterocycles. The van der Waals surface area contributed by atoms with E-state index < -0.39 is 5.91 Å². The van der Waals surface area contributed by atoms with Gasteiger partial charge >= 0.3 is 0 Å². The first-order chi connectivity index (χ1) is 12.0. The summed E-state index contributed by atoms with van der Waals surface area (Å²) in [6, 6.07) is 3.03. The number of primary amides is 1. The van der Waals surface area contributed by atoms with Crippen LogP contribution < -0.4 is 20.5 Å². The molecule has 1 fully saturated rings. The van der Waals surface area contributed by atoms with Gasteiger partial charge in [-0.05, 0) is 30.9 Å². The first-order valence-electron chi connectivity index (χ1n) is 8.58. The van der Waals surface area contributed by atoms with Crippen LogP contribution >= 0.6 is 11.6 Å². The molecule has 138 valence electrons. The predicted molar refractivity (Wildman–Crippen MR) is 96.2 cm³/mol. The van der Waals surface area contributed by atoms with Crippen molar-refractivity contribution < 1.29 is 19.1 Å². The van der Waals surface area contributed by atoms with Crippen LogP contribution in [0.2, 0.25) is 5.02 Å². The van der Waals surface area contributed by atoms with Gasteiger partial charge in [0.2, 0.25) is 0 Å². The third-order valence-electron chi connectivity index (χ3n) is 4.40. The van der Waals surface area contributed by atoms with E-state index in [1.165, 1.54) is 44.9 Å². The second-order valence-electron chi connectivity index (χ2n) is 6.29. The van der Waals surface area contributed by atoms with E-state index in [4.69, 9.17) is 26.8 Å². The summed E-state index contributed by atoms with van der Waals surface area (Å²) in [5.41, 5.74) is 5.44. The molecule has 0 aliphatic heterocycles. The van der Waals surface area contributed by atoms with Crippen LogP contribution in [0.4, 0.5) is 0 Å². The zero-order chi connectivity index (χ0) is 18.2. The summed E-state index contributed by atoms with van der Waals surface area (Å²) in [6.07, 6.45) is 7.42. The zero-order valence-electron chi connectivity index (χ0n) is 14.5. The summed E-state index contributed by atoms with van der Waals surface area (Å²) in [5.74, 6) is 0.453. The van der Waals surface area contributed by atoms with E-state index in [-0.39, 0.29) is 29.0 Å². The summed E-state index contributed by atoms with van der Waals surface area (Å²) in [4.78, 5) is 23.1. The van der Waals surface area contributed by atoms with Crippen molar-refractivity contribution >= 4 is 23.4 Å². The minimum absolute atomic E-state index is 0.191. The van der Waals surface area contributed by atoms with E-state index in [2.05, 4.69) is 5.32 Å². The number of benzene rings is 1. The lowest BCUT2D eigenvalue weighted by molar-refractivity contribution is -0.119. The molecule has 1 aromatic carbocycles. The second kappa shape index (κ2) is 9.51. The normalized spacial score (nSPS) is 14.3. The van der Waals surface area contributed by atoms with Gasteiger partial charge in [-0.15, -0.1) is 0 Å². The van der Waals surface area contributed by atoms with Crippen LogP contribution in [-0.2, 0) is 4.79 Å². The van der Waals surface area contributed by atoms with Gasteiger partial charge in [0, 0.05) is 12.1 Å². The predicted octanol–water partition coefficient (Wildman–Crippen LogP) is 2.91. The Morgan fingerprint density at radius 3 is 2.68 bits per heavy atom. The molecular formula is C18H25ClN2O4. The van der Waals surface area contributed by atoms with E-state index in [0.717, 1.165) is 18.8 Å². The highest BCUT2D eigenvalue weighted by Crippen LogP contribution is 2.36. The number of methoxy groups -OCH3 is 1. The van der Waals surface area contributed by atoms with Crippen molar-refractivity contribution in [1.82, 2.24) is 5.32 Å². The topological polar surface area (TPSA) is 90.7 Å². The van der Waals surface area contributed by atoms with Gasteiger partial charge in [-0.1, -0.05) is 37.3 Å². The summed E-state index contributed by atoms with van der Waals surface area (Å²) in [7, 11) is 1.44. The number of carbonyl (C=O) groups is 2. The molecule has 25 heavy (non-hydrogen) atoms. The molecule has 0 bridgehead atoms. The third-order valence-corrected chi connectivity index (χ3v) is 4.68. The fourth-order valence-electron chi connectivity index (χ4n) is 3.13. The molecule has 0 atom stereocenters. The van der Waals surface area contributed by atoms with Crippen LogP contribution in [0.25, 0.3) is 0 Å². The molecule has 0 spiro atoms. The molecule has 0 heterocycles. The largest absolute Gasteiger partial charge is 0.493 e. The van der Waals surface area contributed by atoms with E-state index in [9.17, 15) is 9.59 Å². The fourth-order valence-corrected chi connectivity index (χ4v) is 3.39. The average molecular weight is 369 g/mol. The highest BCUT2D eigenvalue weighted by Gasteiger charge is 2.17. The number of amides is 2. The van der Waals surface area contributed by atoms with Gasteiger partial charge in [0.25, 0.3) is 11.8 Å². The molecule has 1 aromatic rings. The maximum absolute atomic E-state index is 12.3. The molecule has 7 heteroatoms. The summed E-state index contributed by atoms with van der Waals surface area (Å²) >= 11 is 6.15. The summed E-state index contributed by atoms with van der Waals surface area (Å²) in [5, 5.41) is 3.09. The van der Waals surface area contributed by atoms with Crippen LogP contribution in [-0.4, -0.2) is 32.1 Å². The van der Waals surface area contributed by atoms with Crippen molar-refractivity contribution in [2.45, 2.75) is 38.5 Å². The second-order valence-corrected chi connectivity index (χ2v) is 6.70. The summed E-state index contributed by atoms with van der Waals surface area (Å²) in [6.45, 7) is 0.317. The number of halogens is 1. The van der Waals surface area contributed by atoms with Crippen LogP contribution in [0.1, 0.15) is 48.9 Å². The molecule has 0 unspecified atom stereocenters. The Morgan fingerprint density at radius 2 is 2.04 bits per heavy atom. The number of hydrogen-bond acceptors (Lipinski definition) is 4. The lowest BCUT2D eigenvalue weighted by atomic mass is 10.0. The van der Waals surface area contributed by atoms with Gasteiger partial charge in [0.15, 0.2) is 18.1 Å². The van der Waals surface area contributed by atoms with Gasteiger partial charge < -0.3 is 20.5 Å². The Morgan fingerprint density at radius 1 is 1.32 bits per heavy atom. The lowest BCUT2D eigenvalue weighted by Gasteiger charge is -2.14. The van der Waals surface area contributed by atoms with Crippen molar-refractivity contribution in [2.75, 3.05) is 20.3 Å². The Labute approximate surface area is 153 Å². The third kappa shape index (κ3) is 5.81. The van der Waals surface area contributed by atoms with Crippen molar-refractivity contribution in [1.29, 1.82) is 0 Å². The van der Waals surface area contributed by atoms with Crippen LogP contribution in [0.15, 0.2) is 12.1 Å². The van der Waals surface area contributed by atoms with Crippen molar-refractivity contribution in [3.05, 3.63) is 22.7 Å². The van der Waals surface area contributed by atoms with Crippen molar-refractivity contribution in [3.63, 3.8) is 0 Å². The number of nitrogens with one attached hydrogen (secondary N) is 1. The molecule has 0 radical (unpaired) electrons. The maximum atomic E-state index is 12.3. The smallest absolute Gasteiger partial charge is 0.255 e. The maximum Gasteiger partial charge on any atom is 0.255 e. The number of ether oxygens (including phenoxy) is 2. The van der Waals surface area contributed by atoms with Gasteiger partial charge in [0.1, 0.15) is 0 Å². The minimum atomic E-state index is -0.623. The highest BCUT2D eigenvalue weighted by molar-refractivity contribution is 6.32. The Kier molecular flexibility index (Phi) is 7.37. The van der Waals surface area contributed by atoms with Crippen molar-refractivity contribution in [2.24, 2.45) is 11.7 Å². The summed E-state index contributed by atoms with van der Waals surface area (Å²) < 4.78 is 10.4. The molecule has 0 aromatic heterocycles. The lowest BCUT2D eigenvalue weighted by Crippen LogP contribution is -2.25. The monoisotopic (exact) mass is 368 g/mol. The first-order valence-corrected chi connectivity index (χ1v) is 8.96. The Balaban J connectivity index is 1.92. The van der Waals surface area contributed by atoms with Crippen LogP contribution in [0, 0.1) is 5.92 Å². The molecule has 1 saturated carbocycles. The molecule has 1 aliphatic rings. The SMILES string of the molecule is COc1cc(C(=O)NCCCC2CCCC2)cc(Cl)c1OCC(N)=O. The first kappa shape index (κ1) is 19.4. The standard InChI is InChI=1S/C18H25ClN2O4/c1-24-15-10-13(9-14(19)17(15)25-11-16(20)22)18(23)21-8-4-7-12-5-2-3-6-12/h9-10,12H,2-8,11H2,1H3,(H2,20,22)(H,21,23). The number of carbonyl (C=O) groups excluding carboxylic acids is 2. The van der Waals surface area contributed by atoms with Gasteiger partial charge in [-0.3, -0.25) is 9.59 Å². The fraction of sp³-hybridized carbons (Fsp3) is 0.556. The van der Waals surface area contributed by atoms with Crippen molar-refractivity contribution in [3.8, 4) is 11.5 Å². The average Bonchev–Trinajstić information content (AvgIpc) is 3.10. The highest BCUT2D eigenvalue weighted by atomic mass is 35.5. The van der Waals surface area contributed by atoms with E-state index in [0.29, 0.717) is 12.1 Å². The Hall–Kier alpha value is -1.95. The minimum Gasteiger partial charge on any atom is -0.493 e. The molecule has 2 amide bonds. The van der Waals surface area contributed by atoms with Gasteiger partial charge in [-0.2, -0.15) is 0 Å². The number of hydrogen-bond donors (Lipinski definition) is 2. The number of rotatable bonds is 9. The molecule has 2 rings (SSSR count). The quantitative estimate of drug-likeness (QED) is 0.655. The van der Waals surface area contributed by atoms with E-state index in [1.807, 2.05) is 0 Å². The van der Waals surface area contributed by atoms with Gasteiger partial charge in [0.05, 0.1) is 12.1 Å². The van der Waals surface area contributed by atoms with E-state index >= 15 is 0 Å². The number of nitrogens with two attached hydrogens (primary N) is 1. The molecule has 3 N–H and O–H groups in total.